The van der Waals surface area contributed by atoms with Crippen molar-refractivity contribution in [3.8, 4) is 0 Å². The minimum Gasteiger partial charge on any atom is -0.285 e. The van der Waals surface area contributed by atoms with Crippen LogP contribution < -0.4 is 0 Å². The van der Waals surface area contributed by atoms with Crippen LogP contribution in [0.5, 0.6) is 0 Å². The molecule has 0 radical (unpaired) electrons. The molecular weight excluding hydrogens is 160 g/mol. The molecule has 0 heterocycles. The fraction of sp³-hybridized carbons (Fsp3) is 1.00. The lowest BCUT2D eigenvalue weighted by Gasteiger charge is -2.05. The molecule has 3 nitrogen and oxygen atoms in total. The fourth-order valence-electron chi connectivity index (χ4n) is 0.434. The molecule has 0 aromatic heterocycles. The lowest BCUT2D eigenvalue weighted by atomic mass is 10.4. The van der Waals surface area contributed by atoms with Gasteiger partial charge in [0.2, 0.25) is 0 Å². The summed E-state index contributed by atoms with van der Waals surface area (Å²) < 4.78 is 29.0. The van der Waals surface area contributed by atoms with Crippen LogP contribution in [0.15, 0.2) is 0 Å². The first-order valence-corrected chi connectivity index (χ1v) is 4.73. The molecule has 0 aliphatic rings. The lowest BCUT2D eigenvalue weighted by molar-refractivity contribution is 0.469. The molecule has 5 heteroatoms. The van der Waals surface area contributed by atoms with Crippen molar-refractivity contribution >= 4 is 22.7 Å². The van der Waals surface area contributed by atoms with E-state index in [0.29, 0.717) is 6.42 Å². The van der Waals surface area contributed by atoms with E-state index in [1.165, 1.54) is 0 Å². The molecule has 0 aliphatic carbocycles. The molecule has 1 unspecified atom stereocenters. The summed E-state index contributed by atoms with van der Waals surface area (Å²) in [6, 6.07) is 0. The molecular formula is C4H10O3S2. The Bertz CT molecular complexity index is 157. The van der Waals surface area contributed by atoms with E-state index in [4.69, 9.17) is 4.55 Å². The maximum absolute atomic E-state index is 10.3. The Morgan fingerprint density at radius 2 is 2.11 bits per heavy atom. The molecule has 0 aliphatic heterocycles. The molecule has 1 N–H and O–H groups in total. The lowest BCUT2D eigenvalue weighted by Crippen LogP contribution is -2.20. The Morgan fingerprint density at radius 3 is 2.11 bits per heavy atom. The Labute approximate surface area is 60.6 Å². The van der Waals surface area contributed by atoms with Crippen LogP contribution in [0.2, 0.25) is 0 Å². The summed E-state index contributed by atoms with van der Waals surface area (Å²) in [7, 11) is -3.84. The molecule has 1 atom stereocenters. The first kappa shape index (κ1) is 9.26. The molecule has 9 heavy (non-hydrogen) atoms. The van der Waals surface area contributed by atoms with Gasteiger partial charge >= 0.3 is 0 Å². The Hall–Kier alpha value is 0.260. The van der Waals surface area contributed by atoms with E-state index >= 15 is 0 Å². The number of rotatable bonds is 3. The second-order valence-electron chi connectivity index (χ2n) is 1.73. The fourth-order valence-corrected chi connectivity index (χ4v) is 1.87. The van der Waals surface area contributed by atoms with E-state index in [9.17, 15) is 8.42 Å². The molecule has 0 saturated carbocycles. The highest BCUT2D eigenvalue weighted by molar-refractivity contribution is 7.88. The summed E-state index contributed by atoms with van der Waals surface area (Å²) in [5.41, 5.74) is 0. The highest BCUT2D eigenvalue weighted by Gasteiger charge is 2.17. The summed E-state index contributed by atoms with van der Waals surface area (Å²) in [5, 5.41) is -0.708. The third-order valence-corrected chi connectivity index (χ3v) is 3.11. The van der Waals surface area contributed by atoms with Gasteiger partial charge in [-0.2, -0.15) is 21.0 Å². The largest absolute Gasteiger partial charge is 0.285 e. The van der Waals surface area contributed by atoms with Gasteiger partial charge in [-0.3, -0.25) is 4.55 Å². The van der Waals surface area contributed by atoms with Crippen molar-refractivity contribution in [3.63, 3.8) is 0 Å². The maximum Gasteiger partial charge on any atom is 0.268 e. The number of hydrogen-bond acceptors (Lipinski definition) is 3. The van der Waals surface area contributed by atoms with Gasteiger partial charge in [0.25, 0.3) is 10.1 Å². The van der Waals surface area contributed by atoms with Crippen LogP contribution >= 0.6 is 12.6 Å². The van der Waals surface area contributed by atoms with Crippen LogP contribution in [-0.2, 0) is 10.1 Å². The average Bonchev–Trinajstić information content (AvgIpc) is 1.65. The number of thiol groups is 1. The summed E-state index contributed by atoms with van der Waals surface area (Å²) in [6.07, 6.45) is 0.405. The highest BCUT2D eigenvalue weighted by atomic mass is 32.2. The van der Waals surface area contributed by atoms with Crippen LogP contribution in [-0.4, -0.2) is 24.0 Å². The van der Waals surface area contributed by atoms with Gasteiger partial charge in [0, 0.05) is 5.75 Å². The van der Waals surface area contributed by atoms with E-state index in [1.54, 1.807) is 6.92 Å². The van der Waals surface area contributed by atoms with Crippen molar-refractivity contribution in [1.82, 2.24) is 0 Å². The summed E-state index contributed by atoms with van der Waals surface area (Å²) >= 11 is 3.75. The molecule has 56 valence electrons. The average molecular weight is 170 g/mol. The summed E-state index contributed by atoms with van der Waals surface area (Å²) in [4.78, 5) is 0. The first-order chi connectivity index (χ1) is 4.02. The standard InChI is InChI=1S/C4H10O3S2/c1-2-4(3-8)9(5,6)7/h4,8H,2-3H2,1H3,(H,5,6,7). The van der Waals surface area contributed by atoms with E-state index < -0.39 is 15.4 Å². The van der Waals surface area contributed by atoms with Gasteiger partial charge in [0.05, 0.1) is 5.25 Å². The molecule has 0 amide bonds. The molecule has 0 aromatic carbocycles. The SMILES string of the molecule is CCC(CS)S(=O)(=O)O. The zero-order chi connectivity index (χ0) is 7.49. The maximum atomic E-state index is 10.3. The second-order valence-corrected chi connectivity index (χ2v) is 3.79. The topological polar surface area (TPSA) is 54.4 Å². The van der Waals surface area contributed by atoms with Crippen molar-refractivity contribution in [2.24, 2.45) is 0 Å². The molecule has 0 spiro atoms. The van der Waals surface area contributed by atoms with Crippen LogP contribution in [0.25, 0.3) is 0 Å². The third-order valence-electron chi connectivity index (χ3n) is 1.08. The zero-order valence-corrected chi connectivity index (χ0v) is 6.82. The van der Waals surface area contributed by atoms with Crippen LogP contribution in [0, 0.1) is 0 Å². The van der Waals surface area contributed by atoms with E-state index in [1.807, 2.05) is 0 Å². The Balaban J connectivity index is 4.14. The van der Waals surface area contributed by atoms with Crippen LogP contribution in [0.3, 0.4) is 0 Å². The van der Waals surface area contributed by atoms with Crippen molar-refractivity contribution in [1.29, 1.82) is 0 Å². The quantitative estimate of drug-likeness (QED) is 0.481. The predicted molar refractivity (Wildman–Crippen MR) is 39.5 cm³/mol. The normalized spacial score (nSPS) is 15.4. The minimum atomic E-state index is -3.84. The summed E-state index contributed by atoms with van der Waals surface area (Å²) in [5.74, 6) is 0.176. The van der Waals surface area contributed by atoms with Crippen LogP contribution in [0.1, 0.15) is 13.3 Å². The van der Waals surface area contributed by atoms with Crippen molar-refractivity contribution in [2.45, 2.75) is 18.6 Å². The second kappa shape index (κ2) is 3.43. The van der Waals surface area contributed by atoms with Gasteiger partial charge in [-0.15, -0.1) is 0 Å². The van der Waals surface area contributed by atoms with Gasteiger partial charge < -0.3 is 0 Å². The van der Waals surface area contributed by atoms with Crippen molar-refractivity contribution < 1.29 is 13.0 Å². The van der Waals surface area contributed by atoms with Gasteiger partial charge in [0.15, 0.2) is 0 Å². The van der Waals surface area contributed by atoms with E-state index in [-0.39, 0.29) is 5.75 Å². The molecule has 0 bridgehead atoms. The highest BCUT2D eigenvalue weighted by Crippen LogP contribution is 2.04. The third kappa shape index (κ3) is 3.07. The molecule has 0 rings (SSSR count). The molecule has 0 saturated heterocycles. The van der Waals surface area contributed by atoms with Crippen molar-refractivity contribution in [3.05, 3.63) is 0 Å². The van der Waals surface area contributed by atoms with Crippen LogP contribution in [0.4, 0.5) is 0 Å². The Kier molecular flexibility index (Phi) is 3.53. The van der Waals surface area contributed by atoms with Gasteiger partial charge in [-0.05, 0) is 6.42 Å². The summed E-state index contributed by atoms with van der Waals surface area (Å²) in [6.45, 7) is 1.69. The molecule has 0 aromatic rings. The predicted octanol–water partition coefficient (Wildman–Crippen LogP) is 0.583. The van der Waals surface area contributed by atoms with Gasteiger partial charge in [0.1, 0.15) is 0 Å². The van der Waals surface area contributed by atoms with Gasteiger partial charge in [-0.25, -0.2) is 0 Å². The molecule has 0 fully saturated rings. The smallest absolute Gasteiger partial charge is 0.268 e. The van der Waals surface area contributed by atoms with Gasteiger partial charge in [-0.1, -0.05) is 6.92 Å². The monoisotopic (exact) mass is 170 g/mol. The van der Waals surface area contributed by atoms with E-state index in [2.05, 4.69) is 12.6 Å². The Morgan fingerprint density at radius 1 is 1.67 bits per heavy atom. The number of hydrogen-bond donors (Lipinski definition) is 2. The zero-order valence-electron chi connectivity index (χ0n) is 5.11. The first-order valence-electron chi connectivity index (χ1n) is 2.59. The van der Waals surface area contributed by atoms with E-state index in [0.717, 1.165) is 0 Å². The minimum absolute atomic E-state index is 0.176. The van der Waals surface area contributed by atoms with Crippen molar-refractivity contribution in [2.75, 3.05) is 5.75 Å².